The van der Waals surface area contributed by atoms with Crippen molar-refractivity contribution >= 4 is 58.6 Å². The number of aliphatic carboxylic acids is 2. The van der Waals surface area contributed by atoms with Crippen LogP contribution in [0.3, 0.4) is 0 Å². The van der Waals surface area contributed by atoms with E-state index in [1.807, 2.05) is 0 Å². The summed E-state index contributed by atoms with van der Waals surface area (Å²) in [6.45, 7) is -1.14. The van der Waals surface area contributed by atoms with Crippen LogP contribution in [0.4, 0.5) is 22.7 Å². The van der Waals surface area contributed by atoms with Crippen LogP contribution in [-0.2, 0) is 38.2 Å². The first-order chi connectivity index (χ1) is 19.6. The average molecular weight is 569 g/mol. The van der Waals surface area contributed by atoms with Gasteiger partial charge in [-0.2, -0.15) is 0 Å². The van der Waals surface area contributed by atoms with Gasteiger partial charge < -0.3 is 39.3 Å². The third kappa shape index (κ3) is 7.50. The quantitative estimate of drug-likeness (QED) is 0.265. The maximum Gasteiger partial charge on any atom is 0.333 e. The van der Waals surface area contributed by atoms with E-state index in [-0.39, 0.29) is 39.3 Å². The van der Waals surface area contributed by atoms with Crippen LogP contribution in [0, 0.1) is 0 Å². The largest absolute Gasteiger partial charge is 0.480 e. The average Bonchev–Trinajstić information content (AvgIpc) is 2.90. The first-order valence-electron chi connectivity index (χ1n) is 12.7. The number of anilines is 4. The number of carbonyl (C=O) groups excluding carboxylic acids is 4. The number of hydrogen-bond acceptors (Lipinski definition) is 12. The lowest BCUT2D eigenvalue weighted by Crippen LogP contribution is -2.44. The highest BCUT2D eigenvalue weighted by atomic mass is 16.6. The van der Waals surface area contributed by atoms with Crippen LogP contribution in [0.1, 0.15) is 6.42 Å². The fourth-order valence-electron chi connectivity index (χ4n) is 4.81. The highest BCUT2D eigenvalue weighted by Crippen LogP contribution is 2.32. The molecule has 0 radical (unpaired) electrons. The molecule has 2 N–H and O–H groups in total. The summed E-state index contributed by atoms with van der Waals surface area (Å²) in [5.41, 5.74) is 1.92. The van der Waals surface area contributed by atoms with Gasteiger partial charge >= 0.3 is 35.8 Å². The number of carbonyl (C=O) groups is 6. The van der Waals surface area contributed by atoms with Gasteiger partial charge in [0.2, 0.25) is 0 Å². The normalized spacial score (nSPS) is 15.3. The van der Waals surface area contributed by atoms with Gasteiger partial charge in [0, 0.05) is 13.1 Å². The van der Waals surface area contributed by atoms with Crippen LogP contribution < -0.4 is 19.6 Å². The molecular formula is C27H28N4O10. The molecule has 14 heteroatoms. The molecule has 0 atom stereocenters. The monoisotopic (exact) mass is 568 g/mol. The molecule has 2 aromatic carbocycles. The topological polar surface area (TPSA) is 174 Å². The molecule has 216 valence electrons. The number of carboxylic acids is 2. The molecule has 41 heavy (non-hydrogen) atoms. The molecule has 0 aliphatic carbocycles. The number of morpholine rings is 2. The maximum absolute atomic E-state index is 11.9. The van der Waals surface area contributed by atoms with Gasteiger partial charge in [0.05, 0.1) is 22.7 Å². The van der Waals surface area contributed by atoms with Crippen molar-refractivity contribution in [3.05, 3.63) is 48.5 Å². The van der Waals surface area contributed by atoms with Crippen molar-refractivity contribution in [2.75, 3.05) is 72.0 Å². The number of cyclic esters (lactones) is 4. The highest BCUT2D eigenvalue weighted by Gasteiger charge is 2.29. The molecule has 0 spiro atoms. The predicted molar refractivity (Wildman–Crippen MR) is 144 cm³/mol. The van der Waals surface area contributed by atoms with E-state index >= 15 is 0 Å². The number of esters is 4. The Hall–Kier alpha value is -5.14. The molecule has 0 bridgehead atoms. The summed E-state index contributed by atoms with van der Waals surface area (Å²) >= 11 is 0. The Morgan fingerprint density at radius 2 is 0.976 bits per heavy atom. The van der Waals surface area contributed by atoms with E-state index in [1.165, 1.54) is 9.80 Å². The van der Waals surface area contributed by atoms with Crippen molar-refractivity contribution in [3.8, 4) is 0 Å². The van der Waals surface area contributed by atoms with Gasteiger partial charge in [-0.25, -0.2) is 19.2 Å². The zero-order valence-electron chi connectivity index (χ0n) is 21.9. The van der Waals surface area contributed by atoms with Gasteiger partial charge in [-0.3, -0.25) is 9.59 Å². The molecule has 0 aromatic heterocycles. The minimum Gasteiger partial charge on any atom is -0.480 e. The summed E-state index contributed by atoms with van der Waals surface area (Å²) in [6.07, 6.45) is 0.311. The predicted octanol–water partition coefficient (Wildman–Crippen LogP) is 0.339. The number of benzene rings is 2. The van der Waals surface area contributed by atoms with Crippen LogP contribution in [0.5, 0.6) is 0 Å². The minimum atomic E-state index is -1.11. The van der Waals surface area contributed by atoms with Crippen molar-refractivity contribution in [2.24, 2.45) is 0 Å². The number of ether oxygens (including phenoxy) is 2. The van der Waals surface area contributed by atoms with E-state index < -0.39 is 48.9 Å². The fraction of sp³-hybridized carbons (Fsp3) is 0.333. The number of hydrogen-bond donors (Lipinski definition) is 2. The molecule has 2 heterocycles. The van der Waals surface area contributed by atoms with Crippen molar-refractivity contribution in [2.45, 2.75) is 6.42 Å². The number of rotatable bonds is 12. The van der Waals surface area contributed by atoms with Crippen molar-refractivity contribution in [1.82, 2.24) is 0 Å². The summed E-state index contributed by atoms with van der Waals surface area (Å²) in [4.78, 5) is 77.2. The molecule has 2 aromatic rings. The van der Waals surface area contributed by atoms with Gasteiger partial charge in [-0.1, -0.05) is 24.3 Å². The zero-order valence-corrected chi connectivity index (χ0v) is 21.9. The standard InChI is InChI=1S/C27H28N4O10/c32-22(33)12-28(18-6-1-3-8-20(18)30-14-24(36)40-25(37)15-30)10-5-11-29(13-23(34)35)19-7-2-4-9-21(19)31-16-26(38)41-27(39)17-31/h1-4,6-9H,5,10-17H2,(H,32,33)(H,34,35). The Morgan fingerprint density at radius 1 is 0.634 bits per heavy atom. The third-order valence-corrected chi connectivity index (χ3v) is 6.37. The summed E-state index contributed by atoms with van der Waals surface area (Å²) < 4.78 is 9.21. The molecule has 0 amide bonds. The molecule has 2 aliphatic heterocycles. The zero-order chi connectivity index (χ0) is 29.5. The van der Waals surface area contributed by atoms with Gasteiger partial charge in [-0.15, -0.1) is 0 Å². The van der Waals surface area contributed by atoms with E-state index in [0.29, 0.717) is 29.2 Å². The number of para-hydroxylation sites is 4. The maximum atomic E-state index is 11.9. The van der Waals surface area contributed by atoms with E-state index in [0.717, 1.165) is 0 Å². The van der Waals surface area contributed by atoms with Gasteiger partial charge in [0.25, 0.3) is 0 Å². The van der Waals surface area contributed by atoms with Crippen LogP contribution in [0.25, 0.3) is 0 Å². The lowest BCUT2D eigenvalue weighted by atomic mass is 10.1. The van der Waals surface area contributed by atoms with Crippen LogP contribution in [-0.4, -0.2) is 98.4 Å². The van der Waals surface area contributed by atoms with E-state index in [9.17, 15) is 39.0 Å². The number of nitrogens with zero attached hydrogens (tertiary/aromatic N) is 4. The van der Waals surface area contributed by atoms with Crippen molar-refractivity contribution < 1.29 is 48.5 Å². The Morgan fingerprint density at radius 3 is 1.32 bits per heavy atom. The lowest BCUT2D eigenvalue weighted by Gasteiger charge is -2.34. The molecule has 0 unspecified atom stereocenters. The second kappa shape index (κ2) is 12.8. The second-order valence-electron chi connectivity index (χ2n) is 9.37. The Kier molecular flexibility index (Phi) is 9.02. The molecule has 4 rings (SSSR count). The van der Waals surface area contributed by atoms with Crippen LogP contribution in [0.2, 0.25) is 0 Å². The van der Waals surface area contributed by atoms with E-state index in [4.69, 9.17) is 0 Å². The SMILES string of the molecule is O=C(O)CN(CCCN(CC(=O)O)c1ccccc1N1CC(=O)OC(=O)C1)c1ccccc1N1CC(=O)OC(=O)C1. The van der Waals surface area contributed by atoms with Crippen LogP contribution in [0.15, 0.2) is 48.5 Å². The summed E-state index contributed by atoms with van der Waals surface area (Å²) in [6, 6.07) is 13.5. The van der Waals surface area contributed by atoms with E-state index in [1.54, 1.807) is 58.3 Å². The third-order valence-electron chi connectivity index (χ3n) is 6.37. The summed E-state index contributed by atoms with van der Waals surface area (Å²) in [5.74, 6) is -5.08. The number of carboxylic acid groups (broad SMARTS) is 2. The van der Waals surface area contributed by atoms with Crippen molar-refractivity contribution in [3.63, 3.8) is 0 Å². The lowest BCUT2D eigenvalue weighted by molar-refractivity contribution is -0.161. The van der Waals surface area contributed by atoms with Gasteiger partial charge in [-0.05, 0) is 30.7 Å². The van der Waals surface area contributed by atoms with Gasteiger partial charge in [0.1, 0.15) is 39.3 Å². The Bertz CT molecular complexity index is 1230. The smallest absolute Gasteiger partial charge is 0.333 e. The second-order valence-corrected chi connectivity index (χ2v) is 9.37. The first kappa shape index (κ1) is 28.9. The minimum absolute atomic E-state index is 0.181. The molecule has 2 fully saturated rings. The first-order valence-corrected chi connectivity index (χ1v) is 12.7. The molecular weight excluding hydrogens is 540 g/mol. The molecule has 2 saturated heterocycles. The molecule has 14 nitrogen and oxygen atoms in total. The fourth-order valence-corrected chi connectivity index (χ4v) is 4.81. The Labute approximate surface area is 234 Å². The highest BCUT2D eigenvalue weighted by molar-refractivity contribution is 5.97. The molecule has 2 aliphatic rings. The molecule has 0 saturated carbocycles. The Balaban J connectivity index is 1.56. The summed E-state index contributed by atoms with van der Waals surface area (Å²) in [7, 11) is 0. The van der Waals surface area contributed by atoms with E-state index in [2.05, 4.69) is 9.47 Å². The summed E-state index contributed by atoms with van der Waals surface area (Å²) in [5, 5.41) is 19.2. The van der Waals surface area contributed by atoms with Crippen molar-refractivity contribution in [1.29, 1.82) is 0 Å². The van der Waals surface area contributed by atoms with Crippen LogP contribution >= 0.6 is 0 Å². The van der Waals surface area contributed by atoms with Gasteiger partial charge in [0.15, 0.2) is 0 Å².